The molecule has 4 aromatic rings. The van der Waals surface area contributed by atoms with Gasteiger partial charge in [0.1, 0.15) is 22.6 Å². The summed E-state index contributed by atoms with van der Waals surface area (Å²) in [6.45, 7) is 1.78. The molecular formula is C24H20N4O3S2. The molecule has 0 bridgehead atoms. The molecular weight excluding hydrogens is 456 g/mol. The summed E-state index contributed by atoms with van der Waals surface area (Å²) in [6, 6.07) is 18.8. The highest BCUT2D eigenvalue weighted by Crippen LogP contribution is 2.32. The normalized spacial score (nSPS) is 11.6. The molecule has 2 aromatic heterocycles. The van der Waals surface area contributed by atoms with Gasteiger partial charge in [-0.2, -0.15) is 5.26 Å². The summed E-state index contributed by atoms with van der Waals surface area (Å²) >= 11 is 2.62. The molecule has 0 saturated carbocycles. The molecule has 0 fully saturated rings. The van der Waals surface area contributed by atoms with Crippen molar-refractivity contribution in [1.29, 1.82) is 5.26 Å². The molecule has 166 valence electrons. The number of hydrogen-bond acceptors (Lipinski definition) is 8. The monoisotopic (exact) mass is 476 g/mol. The lowest BCUT2D eigenvalue weighted by Gasteiger charge is -2.12. The van der Waals surface area contributed by atoms with E-state index in [0.29, 0.717) is 21.4 Å². The summed E-state index contributed by atoms with van der Waals surface area (Å²) in [7, 11) is 3.22. The van der Waals surface area contributed by atoms with Crippen LogP contribution in [-0.4, -0.2) is 35.3 Å². The summed E-state index contributed by atoms with van der Waals surface area (Å²) in [5.41, 5.74) is 2.82. The quantitative estimate of drug-likeness (QED) is 0.358. The molecule has 1 atom stereocenters. The Morgan fingerprint density at radius 1 is 1.06 bits per heavy atom. The van der Waals surface area contributed by atoms with Gasteiger partial charge in [-0.05, 0) is 61.5 Å². The zero-order valence-corrected chi connectivity index (χ0v) is 19.8. The van der Waals surface area contributed by atoms with E-state index in [-0.39, 0.29) is 5.91 Å². The molecule has 33 heavy (non-hydrogen) atoms. The van der Waals surface area contributed by atoms with Crippen molar-refractivity contribution in [2.75, 3.05) is 19.5 Å². The SMILES string of the molecule is COc1ccc(-c2ccc(C#N)c(SC(C)C(=O)Nc3nc4ccc(OC)cc4s3)n2)cc1. The number of aromatic nitrogens is 2. The van der Waals surface area contributed by atoms with Gasteiger partial charge in [-0.25, -0.2) is 9.97 Å². The second-order valence-corrected chi connectivity index (χ2v) is 9.35. The summed E-state index contributed by atoms with van der Waals surface area (Å²) in [5, 5.41) is 12.9. The predicted octanol–water partition coefficient (Wildman–Crippen LogP) is 5.37. The van der Waals surface area contributed by atoms with Gasteiger partial charge in [0.05, 0.1) is 40.9 Å². The minimum atomic E-state index is -0.489. The lowest BCUT2D eigenvalue weighted by molar-refractivity contribution is -0.115. The molecule has 0 aliphatic rings. The lowest BCUT2D eigenvalue weighted by atomic mass is 10.1. The first-order valence-electron chi connectivity index (χ1n) is 9.98. The molecule has 0 saturated heterocycles. The predicted molar refractivity (Wildman–Crippen MR) is 131 cm³/mol. The zero-order chi connectivity index (χ0) is 23.4. The van der Waals surface area contributed by atoms with Gasteiger partial charge in [-0.3, -0.25) is 4.79 Å². The zero-order valence-electron chi connectivity index (χ0n) is 18.2. The number of hydrogen-bond donors (Lipinski definition) is 1. The fraction of sp³-hybridized carbons (Fsp3) is 0.167. The van der Waals surface area contributed by atoms with Crippen LogP contribution in [0.5, 0.6) is 11.5 Å². The number of ether oxygens (including phenoxy) is 2. The molecule has 0 aliphatic carbocycles. The topological polar surface area (TPSA) is 97.1 Å². The van der Waals surface area contributed by atoms with Crippen LogP contribution in [0.1, 0.15) is 12.5 Å². The van der Waals surface area contributed by atoms with Crippen molar-refractivity contribution in [1.82, 2.24) is 9.97 Å². The lowest BCUT2D eigenvalue weighted by Crippen LogP contribution is -2.22. The number of fused-ring (bicyclic) bond motifs is 1. The van der Waals surface area contributed by atoms with Crippen LogP contribution in [0.25, 0.3) is 21.5 Å². The van der Waals surface area contributed by atoms with Crippen molar-refractivity contribution in [3.05, 3.63) is 60.2 Å². The number of thioether (sulfide) groups is 1. The first-order chi connectivity index (χ1) is 16.0. The number of methoxy groups -OCH3 is 2. The number of thiazole rings is 1. The van der Waals surface area contributed by atoms with Gasteiger partial charge in [-0.1, -0.05) is 23.1 Å². The van der Waals surface area contributed by atoms with E-state index in [9.17, 15) is 10.1 Å². The number of amides is 1. The first kappa shape index (κ1) is 22.6. The Balaban J connectivity index is 1.51. The Hall–Kier alpha value is -3.61. The molecule has 2 heterocycles. The number of nitrogens with zero attached hydrogens (tertiary/aromatic N) is 3. The molecule has 0 radical (unpaired) electrons. The highest BCUT2D eigenvalue weighted by molar-refractivity contribution is 8.00. The van der Waals surface area contributed by atoms with Crippen molar-refractivity contribution >= 4 is 44.4 Å². The Kier molecular flexibility index (Phi) is 6.77. The number of carbonyl (C=O) groups is 1. The summed E-state index contributed by atoms with van der Waals surface area (Å²) < 4.78 is 11.4. The molecule has 2 aromatic carbocycles. The maximum absolute atomic E-state index is 12.8. The van der Waals surface area contributed by atoms with E-state index in [1.165, 1.54) is 23.1 Å². The van der Waals surface area contributed by atoms with Crippen molar-refractivity contribution in [2.24, 2.45) is 0 Å². The Morgan fingerprint density at radius 3 is 2.48 bits per heavy atom. The third-order valence-electron chi connectivity index (χ3n) is 4.85. The van der Waals surface area contributed by atoms with E-state index >= 15 is 0 Å². The standard InChI is InChI=1S/C24H20N4O3S2/c1-14(22(29)28-24-27-20-11-9-18(31-3)12-21(20)33-24)32-23-16(13-25)6-10-19(26-23)15-4-7-17(30-2)8-5-15/h4-12,14H,1-3H3,(H,27,28,29). The highest BCUT2D eigenvalue weighted by Gasteiger charge is 2.20. The first-order valence-corrected chi connectivity index (χ1v) is 11.7. The van der Waals surface area contributed by atoms with Crippen molar-refractivity contribution in [3.8, 4) is 28.8 Å². The number of anilines is 1. The third kappa shape index (κ3) is 5.08. The van der Waals surface area contributed by atoms with E-state index in [1.54, 1.807) is 33.3 Å². The molecule has 1 amide bonds. The fourth-order valence-electron chi connectivity index (χ4n) is 3.05. The Labute approximate surface area is 199 Å². The van der Waals surface area contributed by atoms with Crippen LogP contribution in [-0.2, 0) is 4.79 Å². The molecule has 1 unspecified atom stereocenters. The van der Waals surface area contributed by atoms with E-state index in [1.807, 2.05) is 42.5 Å². The maximum atomic E-state index is 12.8. The Morgan fingerprint density at radius 2 is 1.79 bits per heavy atom. The highest BCUT2D eigenvalue weighted by atomic mass is 32.2. The molecule has 9 heteroatoms. The molecule has 7 nitrogen and oxygen atoms in total. The fourth-order valence-corrected chi connectivity index (χ4v) is 4.84. The van der Waals surface area contributed by atoms with Crippen LogP contribution in [0.15, 0.2) is 59.6 Å². The Bertz CT molecular complexity index is 1350. The van der Waals surface area contributed by atoms with Crippen LogP contribution in [0.3, 0.4) is 0 Å². The summed E-state index contributed by atoms with van der Waals surface area (Å²) in [6.07, 6.45) is 0. The van der Waals surface area contributed by atoms with Gasteiger partial charge < -0.3 is 14.8 Å². The van der Waals surface area contributed by atoms with Crippen molar-refractivity contribution < 1.29 is 14.3 Å². The van der Waals surface area contributed by atoms with E-state index in [2.05, 4.69) is 21.4 Å². The minimum absolute atomic E-state index is 0.216. The average Bonchev–Trinajstić information content (AvgIpc) is 3.25. The number of nitrogens with one attached hydrogen (secondary N) is 1. The van der Waals surface area contributed by atoms with Gasteiger partial charge in [0.25, 0.3) is 0 Å². The molecule has 0 aliphatic heterocycles. The van der Waals surface area contributed by atoms with Crippen LogP contribution < -0.4 is 14.8 Å². The minimum Gasteiger partial charge on any atom is -0.497 e. The van der Waals surface area contributed by atoms with Gasteiger partial charge in [0, 0.05) is 5.56 Å². The van der Waals surface area contributed by atoms with Gasteiger partial charge >= 0.3 is 0 Å². The number of carbonyl (C=O) groups excluding carboxylic acids is 1. The molecule has 0 spiro atoms. The number of rotatable bonds is 7. The van der Waals surface area contributed by atoms with E-state index in [4.69, 9.17) is 9.47 Å². The average molecular weight is 477 g/mol. The second-order valence-electron chi connectivity index (χ2n) is 6.99. The van der Waals surface area contributed by atoms with Crippen molar-refractivity contribution in [2.45, 2.75) is 17.2 Å². The van der Waals surface area contributed by atoms with Crippen LogP contribution in [0.4, 0.5) is 5.13 Å². The maximum Gasteiger partial charge on any atom is 0.239 e. The van der Waals surface area contributed by atoms with Gasteiger partial charge in [-0.15, -0.1) is 0 Å². The van der Waals surface area contributed by atoms with Crippen LogP contribution in [0.2, 0.25) is 0 Å². The summed E-state index contributed by atoms with van der Waals surface area (Å²) in [4.78, 5) is 21.9. The third-order valence-corrected chi connectivity index (χ3v) is 6.89. The second kappa shape index (κ2) is 9.90. The smallest absolute Gasteiger partial charge is 0.239 e. The molecule has 4 rings (SSSR count). The number of pyridine rings is 1. The van der Waals surface area contributed by atoms with Crippen LogP contribution in [0, 0.1) is 11.3 Å². The van der Waals surface area contributed by atoms with E-state index in [0.717, 1.165) is 27.3 Å². The van der Waals surface area contributed by atoms with E-state index < -0.39 is 5.25 Å². The summed E-state index contributed by atoms with van der Waals surface area (Å²) in [5.74, 6) is 1.27. The van der Waals surface area contributed by atoms with Gasteiger partial charge in [0.15, 0.2) is 5.13 Å². The number of benzene rings is 2. The molecule has 1 N–H and O–H groups in total. The number of nitriles is 1. The largest absolute Gasteiger partial charge is 0.497 e. The van der Waals surface area contributed by atoms with Crippen LogP contribution >= 0.6 is 23.1 Å². The van der Waals surface area contributed by atoms with Gasteiger partial charge in [0.2, 0.25) is 5.91 Å². The van der Waals surface area contributed by atoms with Crippen molar-refractivity contribution in [3.63, 3.8) is 0 Å².